The summed E-state index contributed by atoms with van der Waals surface area (Å²) in [7, 11) is 0. The van der Waals surface area contributed by atoms with Crippen molar-refractivity contribution >= 4 is 64.3 Å². The molecule has 3 aromatic rings. The second-order valence-corrected chi connectivity index (χ2v) is 15.9. The van der Waals surface area contributed by atoms with Gasteiger partial charge >= 0.3 is 17.9 Å². The van der Waals surface area contributed by atoms with Crippen LogP contribution in [0.4, 0.5) is 0 Å². The van der Waals surface area contributed by atoms with E-state index in [-0.39, 0.29) is 50.3 Å². The first-order chi connectivity index (χ1) is 30.8. The third-order valence-electron chi connectivity index (χ3n) is 10.1. The van der Waals surface area contributed by atoms with Crippen LogP contribution in [0.15, 0.2) is 54.7 Å². The van der Waals surface area contributed by atoms with E-state index in [0.717, 1.165) is 16.5 Å². The first kappa shape index (κ1) is 52.3. The van der Waals surface area contributed by atoms with Crippen LogP contribution in [0.25, 0.3) is 10.9 Å². The van der Waals surface area contributed by atoms with E-state index in [0.29, 0.717) is 12.0 Å². The summed E-state index contributed by atoms with van der Waals surface area (Å²) in [5.74, 6) is -10.0. The van der Waals surface area contributed by atoms with Crippen LogP contribution in [0.5, 0.6) is 5.75 Å². The van der Waals surface area contributed by atoms with Gasteiger partial charge in [-0.1, -0.05) is 44.2 Å². The van der Waals surface area contributed by atoms with Crippen molar-refractivity contribution in [2.24, 2.45) is 17.4 Å². The van der Waals surface area contributed by atoms with Crippen LogP contribution in [0, 0.1) is 5.92 Å². The third kappa shape index (κ3) is 17.9. The van der Waals surface area contributed by atoms with Crippen molar-refractivity contribution < 1.29 is 63.6 Å². The van der Waals surface area contributed by atoms with Crippen LogP contribution in [0.1, 0.15) is 69.9 Å². The normalized spacial score (nSPS) is 13.9. The number of carboxylic acid groups (broad SMARTS) is 3. The number of benzene rings is 2. The lowest BCUT2D eigenvalue weighted by atomic mass is 10.0. The highest BCUT2D eigenvalue weighted by Gasteiger charge is 2.32. The Hall–Kier alpha value is -7.07. The van der Waals surface area contributed by atoms with Gasteiger partial charge < -0.3 is 68.8 Å². The van der Waals surface area contributed by atoms with Gasteiger partial charge in [0.25, 0.3) is 0 Å². The lowest BCUT2D eigenvalue weighted by Crippen LogP contribution is -2.58. The fourth-order valence-electron chi connectivity index (χ4n) is 6.71. The molecule has 1 aromatic heterocycles. The maximum absolute atomic E-state index is 13.6. The van der Waals surface area contributed by atoms with Gasteiger partial charge in [0.2, 0.25) is 35.4 Å². The molecule has 354 valence electrons. The summed E-state index contributed by atoms with van der Waals surface area (Å²) in [5, 5.41) is 53.4. The summed E-state index contributed by atoms with van der Waals surface area (Å²) in [6.07, 6.45) is 0.390. The molecule has 0 spiro atoms. The van der Waals surface area contributed by atoms with Crippen LogP contribution in [-0.4, -0.2) is 128 Å². The molecule has 0 fully saturated rings. The summed E-state index contributed by atoms with van der Waals surface area (Å²) in [6.45, 7) is 2.96. The largest absolute Gasteiger partial charge is 0.508 e. The van der Waals surface area contributed by atoms with Crippen molar-refractivity contribution in [1.82, 2.24) is 36.9 Å². The zero-order chi connectivity index (χ0) is 48.2. The first-order valence-electron chi connectivity index (χ1n) is 21.0. The van der Waals surface area contributed by atoms with Gasteiger partial charge in [0, 0.05) is 29.9 Å². The Morgan fingerprint density at radius 1 is 0.662 bits per heavy atom. The molecule has 22 nitrogen and oxygen atoms in total. The fourth-order valence-corrected chi connectivity index (χ4v) is 6.71. The zero-order valence-electron chi connectivity index (χ0n) is 36.1. The number of rotatable bonds is 28. The van der Waals surface area contributed by atoms with E-state index in [1.807, 2.05) is 24.3 Å². The van der Waals surface area contributed by atoms with Gasteiger partial charge in [0.1, 0.15) is 36.0 Å². The number of phenolic OH excluding ortho intramolecular Hbond substituents is 1. The van der Waals surface area contributed by atoms with Crippen molar-refractivity contribution in [2.75, 3.05) is 13.1 Å². The standard InChI is InChI=1S/C43H59N9O13/c1-23(2)17-32(50-38(59)28(45)19-25-21-46-29-8-4-3-7-27(25)29)42(63)51-33(20-37(57)58)39(60)47-22-35(54)48-30(9-5-6-16-44)40(61)49-31(14-15-36(55)56)41(62)52-34(43(64)65)18-24-10-12-26(53)13-11-24/h3-4,7-8,10-13,21,23,28,30-34,46,53H,5-6,9,14-20,22,44-45H2,1-2H3,(H,47,60)(H,48,54)(H,49,61)(H,50,59)(H,51,63)(H,52,62)(H,55,56)(H,57,58)(H,64,65)/t28-,30-,31-,32-,33+,34-/m0/s1. The predicted molar refractivity (Wildman–Crippen MR) is 234 cm³/mol. The molecule has 0 bridgehead atoms. The maximum atomic E-state index is 13.6. The van der Waals surface area contributed by atoms with E-state index in [1.165, 1.54) is 24.3 Å². The number of hydrogen-bond donors (Lipinski definition) is 13. The van der Waals surface area contributed by atoms with E-state index in [4.69, 9.17) is 11.5 Å². The molecule has 0 aliphatic rings. The molecule has 65 heavy (non-hydrogen) atoms. The van der Waals surface area contributed by atoms with Crippen molar-refractivity contribution in [1.29, 1.82) is 0 Å². The molecule has 15 N–H and O–H groups in total. The fraction of sp³-hybridized carbons (Fsp3) is 0.465. The molecule has 0 radical (unpaired) electrons. The number of aliphatic carboxylic acids is 3. The van der Waals surface area contributed by atoms with Crippen LogP contribution in [0.2, 0.25) is 0 Å². The van der Waals surface area contributed by atoms with Crippen molar-refractivity contribution in [2.45, 2.75) is 108 Å². The van der Waals surface area contributed by atoms with Gasteiger partial charge in [0.05, 0.1) is 19.0 Å². The van der Waals surface area contributed by atoms with E-state index in [9.17, 15) is 63.6 Å². The molecule has 0 saturated carbocycles. The number of fused-ring (bicyclic) bond motifs is 1. The second kappa shape index (κ2) is 25.9. The molecule has 22 heteroatoms. The Bertz CT molecular complexity index is 2140. The Labute approximate surface area is 374 Å². The Morgan fingerprint density at radius 3 is 1.88 bits per heavy atom. The van der Waals surface area contributed by atoms with E-state index < -0.39 is 115 Å². The lowest BCUT2D eigenvalue weighted by Gasteiger charge is -2.25. The van der Waals surface area contributed by atoms with Crippen LogP contribution in [0.3, 0.4) is 0 Å². The molecular weight excluding hydrogens is 851 g/mol. The van der Waals surface area contributed by atoms with Crippen LogP contribution in [-0.2, 0) is 56.0 Å². The second-order valence-electron chi connectivity index (χ2n) is 15.9. The molecule has 2 aromatic carbocycles. The SMILES string of the molecule is CC(C)C[C@H](NC(=O)[C@@H](N)Cc1c[nH]c2ccccc12)C(=O)N[C@H](CC(=O)O)C(=O)NCC(=O)N[C@@H](CCCCN)C(=O)N[C@@H](CCC(=O)O)C(=O)N[C@@H](Cc1ccc(O)cc1)C(=O)O. The van der Waals surface area contributed by atoms with Crippen LogP contribution >= 0.6 is 0 Å². The topological polar surface area (TPSA) is 375 Å². The number of para-hydroxylation sites is 1. The highest BCUT2D eigenvalue weighted by atomic mass is 16.4. The first-order valence-corrected chi connectivity index (χ1v) is 21.0. The minimum absolute atomic E-state index is 0.0410. The van der Waals surface area contributed by atoms with E-state index in [1.54, 1.807) is 20.0 Å². The van der Waals surface area contributed by atoms with Gasteiger partial charge in [-0.2, -0.15) is 0 Å². The predicted octanol–water partition coefficient (Wildman–Crippen LogP) is -0.875. The number of hydrogen-bond acceptors (Lipinski definition) is 12. The number of carbonyl (C=O) groups is 9. The quantitative estimate of drug-likeness (QED) is 0.0394. The molecule has 6 amide bonds. The number of aromatic hydroxyl groups is 1. The molecular formula is C43H59N9O13. The van der Waals surface area contributed by atoms with Crippen molar-refractivity contribution in [3.05, 3.63) is 65.9 Å². The summed E-state index contributed by atoms with van der Waals surface area (Å²) in [4.78, 5) is 119. The number of carboxylic acids is 3. The summed E-state index contributed by atoms with van der Waals surface area (Å²) in [6, 6.07) is 4.44. The summed E-state index contributed by atoms with van der Waals surface area (Å²) < 4.78 is 0. The summed E-state index contributed by atoms with van der Waals surface area (Å²) >= 11 is 0. The van der Waals surface area contributed by atoms with Gasteiger partial charge in [-0.25, -0.2) is 4.79 Å². The van der Waals surface area contributed by atoms with Crippen molar-refractivity contribution in [3.63, 3.8) is 0 Å². The van der Waals surface area contributed by atoms with Crippen LogP contribution < -0.4 is 43.4 Å². The number of phenols is 1. The molecule has 1 heterocycles. The molecule has 3 rings (SSSR count). The number of amides is 6. The average Bonchev–Trinajstić information content (AvgIpc) is 3.65. The van der Waals surface area contributed by atoms with Gasteiger partial charge in [-0.05, 0) is 80.3 Å². The highest BCUT2D eigenvalue weighted by Crippen LogP contribution is 2.19. The Morgan fingerprint density at radius 2 is 1.26 bits per heavy atom. The zero-order valence-corrected chi connectivity index (χ0v) is 36.1. The Balaban J connectivity index is 1.68. The maximum Gasteiger partial charge on any atom is 0.326 e. The highest BCUT2D eigenvalue weighted by molar-refractivity contribution is 5.97. The molecule has 0 saturated heterocycles. The van der Waals surface area contributed by atoms with E-state index >= 15 is 0 Å². The molecule has 0 unspecified atom stereocenters. The molecule has 0 aliphatic heterocycles. The number of H-pyrrole nitrogens is 1. The van der Waals surface area contributed by atoms with Gasteiger partial charge in [-0.3, -0.25) is 38.4 Å². The van der Waals surface area contributed by atoms with Gasteiger partial charge in [-0.15, -0.1) is 0 Å². The Kier molecular flexibility index (Phi) is 20.8. The smallest absolute Gasteiger partial charge is 0.326 e. The molecule has 6 atom stereocenters. The third-order valence-corrected chi connectivity index (χ3v) is 10.1. The molecule has 0 aliphatic carbocycles. The van der Waals surface area contributed by atoms with E-state index in [2.05, 4.69) is 36.9 Å². The summed E-state index contributed by atoms with van der Waals surface area (Å²) in [5.41, 5.74) is 13.9. The number of nitrogens with two attached hydrogens (primary N) is 2. The van der Waals surface area contributed by atoms with Gasteiger partial charge in [0.15, 0.2) is 0 Å². The average molecular weight is 910 g/mol. The number of unbranched alkanes of at least 4 members (excludes halogenated alkanes) is 1. The lowest BCUT2D eigenvalue weighted by molar-refractivity contribution is -0.143. The monoisotopic (exact) mass is 909 g/mol. The number of carbonyl (C=O) groups excluding carboxylic acids is 6. The minimum Gasteiger partial charge on any atom is -0.508 e. The number of aromatic amines is 1. The number of aromatic nitrogens is 1. The number of nitrogens with one attached hydrogen (secondary N) is 7. The minimum atomic E-state index is -1.72. The van der Waals surface area contributed by atoms with Crippen molar-refractivity contribution in [3.8, 4) is 5.75 Å².